The maximum atomic E-state index is 2.76. The van der Waals surface area contributed by atoms with Crippen molar-refractivity contribution in [3.8, 4) is 0 Å². The van der Waals surface area contributed by atoms with E-state index in [2.05, 4.69) is 30.6 Å². The topological polar surface area (TPSA) is 6.48 Å². The van der Waals surface area contributed by atoms with Crippen molar-refractivity contribution in [2.75, 3.05) is 26.2 Å². The Morgan fingerprint density at radius 1 is 1.05 bits per heavy atom. The summed E-state index contributed by atoms with van der Waals surface area (Å²) in [6.45, 7) is 12.5. The predicted octanol–water partition coefficient (Wildman–Crippen LogP) is 3.76. The van der Waals surface area contributed by atoms with Crippen LogP contribution in [0.3, 0.4) is 0 Å². The van der Waals surface area contributed by atoms with Gasteiger partial charge in [-0.1, -0.05) is 39.5 Å². The molecule has 0 N–H and O–H groups in total. The molecule has 112 valence electrons. The molecule has 2 saturated heterocycles. The second kappa shape index (κ2) is 7.64. The summed E-state index contributed by atoms with van der Waals surface area (Å²) in [5, 5.41) is 0. The fraction of sp³-hybridized carbons (Fsp3) is 1.00. The first kappa shape index (κ1) is 15.3. The van der Waals surface area contributed by atoms with E-state index >= 15 is 0 Å². The number of nitrogens with zero attached hydrogens (tertiary/aromatic N) is 2. The largest absolute Gasteiger partial charge is 0.298 e. The van der Waals surface area contributed by atoms with Crippen molar-refractivity contribution in [3.63, 3.8) is 0 Å². The first-order chi connectivity index (χ1) is 9.16. The van der Waals surface area contributed by atoms with E-state index in [0.717, 1.165) is 18.0 Å². The van der Waals surface area contributed by atoms with Gasteiger partial charge in [0.2, 0.25) is 0 Å². The first-order valence-corrected chi connectivity index (χ1v) is 8.65. The van der Waals surface area contributed by atoms with Crippen LogP contribution >= 0.6 is 0 Å². The van der Waals surface area contributed by atoms with Gasteiger partial charge in [-0.25, -0.2) is 0 Å². The van der Waals surface area contributed by atoms with Gasteiger partial charge in [0.1, 0.15) is 0 Å². The highest BCUT2D eigenvalue weighted by atomic mass is 15.3. The third-order valence-electron chi connectivity index (χ3n) is 5.04. The van der Waals surface area contributed by atoms with Gasteiger partial charge in [-0.05, 0) is 45.2 Å². The van der Waals surface area contributed by atoms with Crippen LogP contribution < -0.4 is 0 Å². The lowest BCUT2D eigenvalue weighted by Gasteiger charge is -2.42. The molecule has 0 aromatic rings. The molecule has 0 aromatic carbocycles. The van der Waals surface area contributed by atoms with E-state index in [1.54, 1.807) is 0 Å². The normalized spacial score (nSPS) is 29.1. The average molecular weight is 266 g/mol. The van der Waals surface area contributed by atoms with Crippen LogP contribution in [0.2, 0.25) is 0 Å². The molecule has 0 aliphatic carbocycles. The SMILES string of the molecule is CC(C)CCCCCCN1CC2CCCN2CC1C. The molecule has 2 heteroatoms. The van der Waals surface area contributed by atoms with Gasteiger partial charge in [-0.15, -0.1) is 0 Å². The molecule has 0 radical (unpaired) electrons. The van der Waals surface area contributed by atoms with Crippen LogP contribution in [0.1, 0.15) is 65.7 Å². The van der Waals surface area contributed by atoms with E-state index in [4.69, 9.17) is 0 Å². The summed E-state index contributed by atoms with van der Waals surface area (Å²) in [5.41, 5.74) is 0. The second-order valence-corrected chi connectivity index (χ2v) is 7.23. The molecule has 19 heavy (non-hydrogen) atoms. The highest BCUT2D eigenvalue weighted by Crippen LogP contribution is 2.24. The van der Waals surface area contributed by atoms with Crippen molar-refractivity contribution in [3.05, 3.63) is 0 Å². The fourth-order valence-electron chi connectivity index (χ4n) is 3.78. The van der Waals surface area contributed by atoms with Crippen LogP contribution in [0.5, 0.6) is 0 Å². The number of piperazine rings is 1. The quantitative estimate of drug-likeness (QED) is 0.647. The smallest absolute Gasteiger partial charge is 0.0224 e. The lowest BCUT2D eigenvalue weighted by Crippen LogP contribution is -2.54. The van der Waals surface area contributed by atoms with Crippen molar-refractivity contribution in [1.82, 2.24) is 9.80 Å². The predicted molar refractivity (Wildman–Crippen MR) is 83.6 cm³/mol. The summed E-state index contributed by atoms with van der Waals surface area (Å²) in [5.74, 6) is 0.885. The lowest BCUT2D eigenvalue weighted by atomic mass is 10.0. The molecule has 2 atom stereocenters. The minimum Gasteiger partial charge on any atom is -0.298 e. The van der Waals surface area contributed by atoms with Crippen molar-refractivity contribution in [1.29, 1.82) is 0 Å². The van der Waals surface area contributed by atoms with Gasteiger partial charge in [0, 0.05) is 25.2 Å². The molecular weight excluding hydrogens is 232 g/mol. The summed E-state index contributed by atoms with van der Waals surface area (Å²) < 4.78 is 0. The molecule has 2 heterocycles. The van der Waals surface area contributed by atoms with Crippen molar-refractivity contribution in [2.45, 2.75) is 77.8 Å². The molecule has 2 aliphatic heterocycles. The van der Waals surface area contributed by atoms with E-state index in [9.17, 15) is 0 Å². The van der Waals surface area contributed by atoms with Gasteiger partial charge in [-0.2, -0.15) is 0 Å². The Balaban J connectivity index is 1.57. The van der Waals surface area contributed by atoms with Crippen molar-refractivity contribution >= 4 is 0 Å². The number of rotatable bonds is 7. The van der Waals surface area contributed by atoms with Gasteiger partial charge in [0.25, 0.3) is 0 Å². The molecule has 2 unspecified atom stereocenters. The fourth-order valence-corrected chi connectivity index (χ4v) is 3.78. The Hall–Kier alpha value is -0.0800. The minimum atomic E-state index is 0.782. The van der Waals surface area contributed by atoms with Gasteiger partial charge < -0.3 is 0 Å². The summed E-state index contributed by atoms with van der Waals surface area (Å²) in [7, 11) is 0. The van der Waals surface area contributed by atoms with Gasteiger partial charge in [-0.3, -0.25) is 9.80 Å². The molecule has 2 rings (SSSR count). The van der Waals surface area contributed by atoms with Crippen molar-refractivity contribution < 1.29 is 0 Å². The summed E-state index contributed by atoms with van der Waals surface area (Å²) >= 11 is 0. The maximum Gasteiger partial charge on any atom is 0.0224 e. The maximum absolute atomic E-state index is 2.76. The number of hydrogen-bond acceptors (Lipinski definition) is 2. The van der Waals surface area contributed by atoms with Crippen molar-refractivity contribution in [2.24, 2.45) is 5.92 Å². The Morgan fingerprint density at radius 3 is 2.63 bits per heavy atom. The zero-order valence-electron chi connectivity index (χ0n) is 13.4. The van der Waals surface area contributed by atoms with E-state index in [0.29, 0.717) is 0 Å². The highest BCUT2D eigenvalue weighted by Gasteiger charge is 2.33. The summed E-state index contributed by atoms with van der Waals surface area (Å²) in [6, 6.07) is 1.67. The average Bonchev–Trinajstić information content (AvgIpc) is 2.80. The van der Waals surface area contributed by atoms with Crippen LogP contribution in [0.25, 0.3) is 0 Å². The van der Waals surface area contributed by atoms with E-state index in [-0.39, 0.29) is 0 Å². The molecule has 0 spiro atoms. The van der Waals surface area contributed by atoms with Gasteiger partial charge in [0.15, 0.2) is 0 Å². The van der Waals surface area contributed by atoms with Crippen LogP contribution in [-0.4, -0.2) is 48.1 Å². The van der Waals surface area contributed by atoms with Gasteiger partial charge >= 0.3 is 0 Å². The summed E-state index contributed by atoms with van der Waals surface area (Å²) in [4.78, 5) is 5.48. The number of unbranched alkanes of at least 4 members (excludes halogenated alkanes) is 3. The molecule has 0 bridgehead atoms. The minimum absolute atomic E-state index is 0.782. The van der Waals surface area contributed by atoms with Crippen LogP contribution in [-0.2, 0) is 0 Å². The first-order valence-electron chi connectivity index (χ1n) is 8.65. The molecule has 2 fully saturated rings. The molecule has 0 saturated carbocycles. The summed E-state index contributed by atoms with van der Waals surface area (Å²) in [6.07, 6.45) is 10.0. The Labute approximate surface area is 120 Å². The number of hydrogen-bond donors (Lipinski definition) is 0. The van der Waals surface area contributed by atoms with E-state index in [1.807, 2.05) is 0 Å². The van der Waals surface area contributed by atoms with E-state index < -0.39 is 0 Å². The third-order valence-corrected chi connectivity index (χ3v) is 5.04. The highest BCUT2D eigenvalue weighted by molar-refractivity contribution is 4.90. The Kier molecular flexibility index (Phi) is 6.15. The molecule has 0 amide bonds. The lowest BCUT2D eigenvalue weighted by molar-refractivity contribution is 0.0583. The monoisotopic (exact) mass is 266 g/mol. The molecule has 2 aliphatic rings. The van der Waals surface area contributed by atoms with Crippen LogP contribution in [0, 0.1) is 5.92 Å². The standard InChI is InChI=1S/C17H34N2/c1-15(2)9-6-4-5-7-11-18-14-17-10-8-12-19(17)13-16(18)3/h15-17H,4-14H2,1-3H3. The Bertz CT molecular complexity index is 252. The molecule has 0 aromatic heterocycles. The van der Waals surface area contributed by atoms with Gasteiger partial charge in [0.05, 0.1) is 0 Å². The zero-order valence-corrected chi connectivity index (χ0v) is 13.4. The Morgan fingerprint density at radius 2 is 1.84 bits per heavy atom. The molecular formula is C17H34N2. The third kappa shape index (κ3) is 4.75. The molecule has 2 nitrogen and oxygen atoms in total. The van der Waals surface area contributed by atoms with Crippen LogP contribution in [0.4, 0.5) is 0 Å². The second-order valence-electron chi connectivity index (χ2n) is 7.23. The van der Waals surface area contributed by atoms with Crippen LogP contribution in [0.15, 0.2) is 0 Å². The zero-order chi connectivity index (χ0) is 13.7. The number of fused-ring (bicyclic) bond motifs is 1. The van der Waals surface area contributed by atoms with E-state index in [1.165, 1.54) is 71.1 Å².